The minimum Gasteiger partial charge on any atom is -0.496 e. The number of sulfonamides is 1. The molecule has 0 heterocycles. The number of halogens is 1. The van der Waals surface area contributed by atoms with E-state index in [1.807, 2.05) is 0 Å². The van der Waals surface area contributed by atoms with Crippen LogP contribution in [0, 0.1) is 6.92 Å². The van der Waals surface area contributed by atoms with Crippen molar-refractivity contribution in [2.45, 2.75) is 18.7 Å². The second kappa shape index (κ2) is 7.32. The SMILES string of the molecule is CCN(c1ccc(OC)c(Cl)c1)S(=O)(=O)c1ccc(OC)c(C)c1. The Hall–Kier alpha value is -1.92. The van der Waals surface area contributed by atoms with E-state index in [0.717, 1.165) is 5.56 Å². The summed E-state index contributed by atoms with van der Waals surface area (Å²) in [4.78, 5) is 0.203. The largest absolute Gasteiger partial charge is 0.496 e. The first kappa shape index (κ1) is 18.4. The van der Waals surface area contributed by atoms with Crippen molar-refractivity contribution in [2.75, 3.05) is 25.1 Å². The highest BCUT2D eigenvalue weighted by Gasteiger charge is 2.25. The van der Waals surface area contributed by atoms with Crippen LogP contribution in [0.1, 0.15) is 12.5 Å². The lowest BCUT2D eigenvalue weighted by Gasteiger charge is -2.24. The molecule has 0 aliphatic rings. The number of hydrogen-bond acceptors (Lipinski definition) is 4. The molecule has 2 rings (SSSR count). The van der Waals surface area contributed by atoms with Gasteiger partial charge in [-0.15, -0.1) is 0 Å². The van der Waals surface area contributed by atoms with E-state index in [9.17, 15) is 8.42 Å². The van der Waals surface area contributed by atoms with E-state index in [4.69, 9.17) is 21.1 Å². The number of anilines is 1. The van der Waals surface area contributed by atoms with Gasteiger partial charge < -0.3 is 9.47 Å². The van der Waals surface area contributed by atoms with Crippen LogP contribution < -0.4 is 13.8 Å². The van der Waals surface area contributed by atoms with Crippen molar-refractivity contribution < 1.29 is 17.9 Å². The van der Waals surface area contributed by atoms with Crippen LogP contribution >= 0.6 is 11.6 Å². The number of benzene rings is 2. The molecule has 0 unspecified atom stereocenters. The molecule has 0 aromatic heterocycles. The van der Waals surface area contributed by atoms with Crippen molar-refractivity contribution in [3.8, 4) is 11.5 Å². The van der Waals surface area contributed by atoms with Gasteiger partial charge in [0.15, 0.2) is 0 Å². The Morgan fingerprint density at radius 1 is 1.04 bits per heavy atom. The van der Waals surface area contributed by atoms with E-state index in [2.05, 4.69) is 0 Å². The van der Waals surface area contributed by atoms with E-state index >= 15 is 0 Å². The summed E-state index contributed by atoms with van der Waals surface area (Å²) in [7, 11) is -0.651. The predicted octanol–water partition coefficient (Wildman–Crippen LogP) is 3.88. The van der Waals surface area contributed by atoms with Gasteiger partial charge in [0.05, 0.1) is 29.8 Å². The van der Waals surface area contributed by atoms with Gasteiger partial charge in [0.1, 0.15) is 11.5 Å². The molecule has 0 saturated heterocycles. The van der Waals surface area contributed by atoms with Crippen molar-refractivity contribution in [3.63, 3.8) is 0 Å². The van der Waals surface area contributed by atoms with Crippen LogP contribution in [0.15, 0.2) is 41.3 Å². The summed E-state index contributed by atoms with van der Waals surface area (Å²) in [6, 6.07) is 9.68. The summed E-state index contributed by atoms with van der Waals surface area (Å²) in [6.07, 6.45) is 0. The quantitative estimate of drug-likeness (QED) is 0.775. The molecule has 0 radical (unpaired) electrons. The van der Waals surface area contributed by atoms with Crippen molar-refractivity contribution in [3.05, 3.63) is 47.0 Å². The molecule has 24 heavy (non-hydrogen) atoms. The molecule has 0 saturated carbocycles. The summed E-state index contributed by atoms with van der Waals surface area (Å²) in [5.41, 5.74) is 1.24. The van der Waals surface area contributed by atoms with Crippen molar-refractivity contribution in [1.29, 1.82) is 0 Å². The van der Waals surface area contributed by atoms with E-state index in [1.54, 1.807) is 51.3 Å². The van der Waals surface area contributed by atoms with Crippen LogP contribution in [0.4, 0.5) is 5.69 Å². The van der Waals surface area contributed by atoms with Crippen molar-refractivity contribution in [1.82, 2.24) is 0 Å². The lowest BCUT2D eigenvalue weighted by Crippen LogP contribution is -2.30. The maximum atomic E-state index is 13.0. The number of hydrogen-bond donors (Lipinski definition) is 0. The monoisotopic (exact) mass is 369 g/mol. The third-order valence-electron chi connectivity index (χ3n) is 3.66. The second-order valence-electron chi connectivity index (χ2n) is 5.12. The second-order valence-corrected chi connectivity index (χ2v) is 7.39. The van der Waals surface area contributed by atoms with Gasteiger partial charge >= 0.3 is 0 Å². The molecule has 0 atom stereocenters. The van der Waals surface area contributed by atoms with Crippen molar-refractivity contribution in [2.24, 2.45) is 0 Å². The molecule has 0 aliphatic heterocycles. The maximum absolute atomic E-state index is 13.0. The number of methoxy groups -OCH3 is 2. The van der Waals surface area contributed by atoms with Crippen LogP contribution in [-0.2, 0) is 10.0 Å². The molecule has 130 valence electrons. The summed E-state index contributed by atoms with van der Waals surface area (Å²) < 4.78 is 37.6. The van der Waals surface area contributed by atoms with Crippen LogP contribution in [0.2, 0.25) is 5.02 Å². The first-order chi connectivity index (χ1) is 11.3. The standard InChI is InChI=1S/C17H20ClNO4S/c1-5-19(13-6-8-17(23-4)15(18)11-13)24(20,21)14-7-9-16(22-3)12(2)10-14/h6-11H,5H2,1-4H3. The molecule has 0 amide bonds. The normalized spacial score (nSPS) is 11.2. The number of nitrogens with zero attached hydrogens (tertiary/aromatic N) is 1. The van der Waals surface area contributed by atoms with Gasteiger partial charge in [0.25, 0.3) is 10.0 Å². The summed E-state index contributed by atoms with van der Waals surface area (Å²) >= 11 is 6.13. The first-order valence-corrected chi connectivity index (χ1v) is 9.17. The molecular weight excluding hydrogens is 350 g/mol. The van der Waals surface area contributed by atoms with Gasteiger partial charge in [-0.3, -0.25) is 4.31 Å². The van der Waals surface area contributed by atoms with E-state index in [-0.39, 0.29) is 11.4 Å². The van der Waals surface area contributed by atoms with Gasteiger partial charge in [-0.1, -0.05) is 11.6 Å². The van der Waals surface area contributed by atoms with Gasteiger partial charge in [-0.2, -0.15) is 0 Å². The predicted molar refractivity (Wildman–Crippen MR) is 95.9 cm³/mol. The Kier molecular flexibility index (Phi) is 5.62. The lowest BCUT2D eigenvalue weighted by molar-refractivity contribution is 0.411. The highest BCUT2D eigenvalue weighted by atomic mass is 35.5. The molecule has 0 spiro atoms. The minimum absolute atomic E-state index is 0.203. The summed E-state index contributed by atoms with van der Waals surface area (Å²) in [5.74, 6) is 1.14. The van der Waals surface area contributed by atoms with Crippen LogP contribution in [0.3, 0.4) is 0 Å². The molecule has 7 heteroatoms. The van der Waals surface area contributed by atoms with Gasteiger partial charge in [-0.25, -0.2) is 8.42 Å². The molecular formula is C17H20ClNO4S. The third kappa shape index (κ3) is 3.44. The zero-order chi connectivity index (χ0) is 17.9. The summed E-state index contributed by atoms with van der Waals surface area (Å²) in [6.45, 7) is 3.85. The highest BCUT2D eigenvalue weighted by Crippen LogP contribution is 2.32. The molecule has 0 N–H and O–H groups in total. The fourth-order valence-corrected chi connectivity index (χ4v) is 4.24. The van der Waals surface area contributed by atoms with Crippen molar-refractivity contribution >= 4 is 27.3 Å². The molecule has 0 bridgehead atoms. The first-order valence-electron chi connectivity index (χ1n) is 7.36. The molecule has 0 fully saturated rings. The molecule has 5 nitrogen and oxygen atoms in total. The topological polar surface area (TPSA) is 55.8 Å². The number of ether oxygens (including phenoxy) is 2. The van der Waals surface area contributed by atoms with Crippen LogP contribution in [0.25, 0.3) is 0 Å². The van der Waals surface area contributed by atoms with Crippen LogP contribution in [0.5, 0.6) is 11.5 Å². The van der Waals surface area contributed by atoms with Crippen LogP contribution in [-0.4, -0.2) is 29.2 Å². The van der Waals surface area contributed by atoms with E-state index < -0.39 is 10.0 Å². The Bertz CT molecular complexity index is 836. The third-order valence-corrected chi connectivity index (χ3v) is 5.86. The summed E-state index contributed by atoms with van der Waals surface area (Å²) in [5, 5.41) is 0.356. The average molecular weight is 370 g/mol. The van der Waals surface area contributed by atoms with Gasteiger partial charge in [0, 0.05) is 6.54 Å². The zero-order valence-corrected chi connectivity index (χ0v) is 15.6. The molecule has 0 aliphatic carbocycles. The van der Waals surface area contributed by atoms with Gasteiger partial charge in [-0.05, 0) is 55.8 Å². The Morgan fingerprint density at radius 2 is 1.67 bits per heavy atom. The Balaban J connectivity index is 2.49. The zero-order valence-electron chi connectivity index (χ0n) is 14.0. The number of aryl methyl sites for hydroxylation is 1. The minimum atomic E-state index is -3.71. The fourth-order valence-electron chi connectivity index (χ4n) is 2.44. The Morgan fingerprint density at radius 3 is 2.17 bits per heavy atom. The smallest absolute Gasteiger partial charge is 0.264 e. The number of rotatable bonds is 6. The molecule has 2 aromatic carbocycles. The maximum Gasteiger partial charge on any atom is 0.264 e. The van der Waals surface area contributed by atoms with Gasteiger partial charge in [0.2, 0.25) is 0 Å². The van der Waals surface area contributed by atoms with E-state index in [0.29, 0.717) is 22.2 Å². The highest BCUT2D eigenvalue weighted by molar-refractivity contribution is 7.92. The Labute approximate surface area is 147 Å². The average Bonchev–Trinajstić information content (AvgIpc) is 2.55. The molecule has 2 aromatic rings. The lowest BCUT2D eigenvalue weighted by atomic mass is 10.2. The fraction of sp³-hybridized carbons (Fsp3) is 0.294. The van der Waals surface area contributed by atoms with E-state index in [1.165, 1.54) is 17.5 Å².